The number of nitrogens with two attached hydrogens (primary N) is 2. The van der Waals surface area contributed by atoms with Gasteiger partial charge >= 0.3 is 0 Å². The lowest BCUT2D eigenvalue weighted by atomic mass is 10.1. The highest BCUT2D eigenvalue weighted by atomic mass is 16.5. The third-order valence-corrected chi connectivity index (χ3v) is 3.28. The highest BCUT2D eigenvalue weighted by molar-refractivity contribution is 5.49. The van der Waals surface area contributed by atoms with Gasteiger partial charge in [-0.15, -0.1) is 0 Å². The average Bonchev–Trinajstić information content (AvgIpc) is 2.39. The van der Waals surface area contributed by atoms with Gasteiger partial charge in [0.05, 0.1) is 12.2 Å². The van der Waals surface area contributed by atoms with E-state index >= 15 is 0 Å². The van der Waals surface area contributed by atoms with Crippen LogP contribution < -0.4 is 11.5 Å². The van der Waals surface area contributed by atoms with Gasteiger partial charge in [-0.05, 0) is 26.0 Å². The van der Waals surface area contributed by atoms with Crippen molar-refractivity contribution in [1.82, 2.24) is 0 Å². The molecule has 2 unspecified atom stereocenters. The van der Waals surface area contributed by atoms with Crippen molar-refractivity contribution >= 4 is 11.4 Å². The smallest absolute Gasteiger partial charge is 0.0824 e. The molecule has 0 aromatic heterocycles. The molecule has 0 radical (unpaired) electrons. The molecule has 0 bridgehead atoms. The van der Waals surface area contributed by atoms with E-state index in [0.29, 0.717) is 0 Å². The minimum Gasteiger partial charge on any atom is -0.398 e. The summed E-state index contributed by atoms with van der Waals surface area (Å²) in [5, 5.41) is 0. The molecule has 0 heterocycles. The van der Waals surface area contributed by atoms with E-state index < -0.39 is 0 Å². The van der Waals surface area contributed by atoms with Crippen LogP contribution in [-0.4, -0.2) is 0 Å². The Morgan fingerprint density at radius 1 is 0.737 bits per heavy atom. The van der Waals surface area contributed by atoms with E-state index in [4.69, 9.17) is 16.2 Å². The van der Waals surface area contributed by atoms with Gasteiger partial charge in [-0.25, -0.2) is 0 Å². The van der Waals surface area contributed by atoms with E-state index in [-0.39, 0.29) is 12.2 Å². The van der Waals surface area contributed by atoms with E-state index in [0.717, 1.165) is 22.5 Å². The largest absolute Gasteiger partial charge is 0.398 e. The first kappa shape index (κ1) is 13.4. The van der Waals surface area contributed by atoms with Crippen LogP contribution in [0.15, 0.2) is 48.5 Å². The second-order valence-corrected chi connectivity index (χ2v) is 4.68. The molecule has 2 aromatic rings. The number of nitrogen functional groups attached to an aromatic ring is 2. The van der Waals surface area contributed by atoms with Crippen molar-refractivity contribution < 1.29 is 4.74 Å². The van der Waals surface area contributed by atoms with Gasteiger partial charge in [0.15, 0.2) is 0 Å². The van der Waals surface area contributed by atoms with E-state index in [1.807, 2.05) is 62.4 Å². The van der Waals surface area contributed by atoms with Crippen molar-refractivity contribution in [3.63, 3.8) is 0 Å². The van der Waals surface area contributed by atoms with Crippen LogP contribution in [0.2, 0.25) is 0 Å². The third kappa shape index (κ3) is 3.06. The molecular formula is C16H20N2O. The van der Waals surface area contributed by atoms with Gasteiger partial charge in [-0.3, -0.25) is 0 Å². The van der Waals surface area contributed by atoms with Crippen molar-refractivity contribution in [3.8, 4) is 0 Å². The third-order valence-electron chi connectivity index (χ3n) is 3.28. The molecule has 0 spiro atoms. The lowest BCUT2D eigenvalue weighted by Crippen LogP contribution is -2.08. The van der Waals surface area contributed by atoms with Crippen LogP contribution in [0.5, 0.6) is 0 Å². The molecule has 19 heavy (non-hydrogen) atoms. The molecule has 3 nitrogen and oxygen atoms in total. The molecule has 4 N–H and O–H groups in total. The maximum absolute atomic E-state index is 6.02. The van der Waals surface area contributed by atoms with Crippen LogP contribution in [0.4, 0.5) is 11.4 Å². The Morgan fingerprint density at radius 3 is 1.47 bits per heavy atom. The fourth-order valence-electron chi connectivity index (χ4n) is 2.22. The minimum atomic E-state index is -0.0733. The van der Waals surface area contributed by atoms with E-state index in [1.54, 1.807) is 0 Å². The number of anilines is 2. The Kier molecular flexibility index (Phi) is 4.07. The van der Waals surface area contributed by atoms with Crippen LogP contribution in [0.3, 0.4) is 0 Å². The monoisotopic (exact) mass is 256 g/mol. The van der Waals surface area contributed by atoms with Crippen molar-refractivity contribution in [2.45, 2.75) is 26.1 Å². The maximum Gasteiger partial charge on any atom is 0.0824 e. The van der Waals surface area contributed by atoms with E-state index in [1.165, 1.54) is 0 Å². The topological polar surface area (TPSA) is 61.3 Å². The molecular weight excluding hydrogens is 236 g/mol. The second-order valence-electron chi connectivity index (χ2n) is 4.68. The summed E-state index contributed by atoms with van der Waals surface area (Å²) in [6.45, 7) is 4.00. The van der Waals surface area contributed by atoms with Gasteiger partial charge < -0.3 is 16.2 Å². The Balaban J connectivity index is 2.13. The summed E-state index contributed by atoms with van der Waals surface area (Å²) in [5.41, 5.74) is 15.4. The number of hydrogen-bond donors (Lipinski definition) is 2. The molecule has 100 valence electrons. The van der Waals surface area contributed by atoms with Crippen LogP contribution in [-0.2, 0) is 4.74 Å². The van der Waals surface area contributed by atoms with Crippen molar-refractivity contribution in [2.75, 3.05) is 11.5 Å². The zero-order chi connectivity index (χ0) is 13.8. The van der Waals surface area contributed by atoms with Crippen molar-refractivity contribution in [3.05, 3.63) is 59.7 Å². The molecule has 0 aliphatic heterocycles. The summed E-state index contributed by atoms with van der Waals surface area (Å²) in [6.07, 6.45) is -0.147. The Labute approximate surface area is 114 Å². The summed E-state index contributed by atoms with van der Waals surface area (Å²) in [4.78, 5) is 0. The van der Waals surface area contributed by atoms with Gasteiger partial charge in [0.2, 0.25) is 0 Å². The van der Waals surface area contributed by atoms with Gasteiger partial charge in [-0.1, -0.05) is 36.4 Å². The molecule has 3 heteroatoms. The Hall–Kier alpha value is -2.00. The van der Waals surface area contributed by atoms with E-state index in [2.05, 4.69) is 0 Å². The fraction of sp³-hybridized carbons (Fsp3) is 0.250. The summed E-state index contributed by atoms with van der Waals surface area (Å²) >= 11 is 0. The van der Waals surface area contributed by atoms with Crippen molar-refractivity contribution in [1.29, 1.82) is 0 Å². The summed E-state index contributed by atoms with van der Waals surface area (Å²) in [5.74, 6) is 0. The maximum atomic E-state index is 6.02. The fourth-order valence-corrected chi connectivity index (χ4v) is 2.22. The van der Waals surface area contributed by atoms with Crippen LogP contribution in [0.1, 0.15) is 37.2 Å². The molecule has 0 fully saturated rings. The number of para-hydroxylation sites is 2. The molecule has 0 aliphatic carbocycles. The zero-order valence-corrected chi connectivity index (χ0v) is 11.3. The molecule has 2 aromatic carbocycles. The quantitative estimate of drug-likeness (QED) is 0.820. The highest BCUT2D eigenvalue weighted by Gasteiger charge is 2.15. The molecule has 0 aliphatic rings. The molecule has 2 atom stereocenters. The highest BCUT2D eigenvalue weighted by Crippen LogP contribution is 2.31. The predicted molar refractivity (Wildman–Crippen MR) is 79.6 cm³/mol. The van der Waals surface area contributed by atoms with Crippen LogP contribution in [0.25, 0.3) is 0 Å². The SMILES string of the molecule is CC(OC(C)c1ccccc1N)c1ccccc1N. The second kappa shape index (κ2) is 5.76. The number of ether oxygens (including phenoxy) is 1. The lowest BCUT2D eigenvalue weighted by molar-refractivity contribution is 0.00667. The number of benzene rings is 2. The average molecular weight is 256 g/mol. The number of rotatable bonds is 4. The first-order valence-electron chi connectivity index (χ1n) is 6.44. The zero-order valence-electron chi connectivity index (χ0n) is 11.3. The van der Waals surface area contributed by atoms with Gasteiger partial charge in [0.1, 0.15) is 0 Å². The molecule has 2 rings (SSSR count). The first-order chi connectivity index (χ1) is 9.09. The number of hydrogen-bond acceptors (Lipinski definition) is 3. The minimum absolute atomic E-state index is 0.0733. The molecule has 0 saturated heterocycles. The summed E-state index contributed by atoms with van der Waals surface area (Å²) in [6, 6.07) is 15.5. The Bertz CT molecular complexity index is 504. The van der Waals surface area contributed by atoms with Crippen LogP contribution >= 0.6 is 0 Å². The molecule has 0 saturated carbocycles. The van der Waals surface area contributed by atoms with Gasteiger partial charge in [0, 0.05) is 22.5 Å². The van der Waals surface area contributed by atoms with Gasteiger partial charge in [-0.2, -0.15) is 0 Å². The summed E-state index contributed by atoms with van der Waals surface area (Å²) in [7, 11) is 0. The predicted octanol–water partition coefficient (Wildman–Crippen LogP) is 3.69. The van der Waals surface area contributed by atoms with Crippen LogP contribution in [0, 0.1) is 0 Å². The first-order valence-corrected chi connectivity index (χ1v) is 6.44. The summed E-state index contributed by atoms with van der Waals surface area (Å²) < 4.78 is 6.02. The van der Waals surface area contributed by atoms with E-state index in [9.17, 15) is 0 Å². The lowest BCUT2D eigenvalue weighted by Gasteiger charge is -2.22. The van der Waals surface area contributed by atoms with Crippen molar-refractivity contribution in [2.24, 2.45) is 0 Å². The molecule has 0 amide bonds. The normalized spacial score (nSPS) is 14.0. The van der Waals surface area contributed by atoms with Gasteiger partial charge in [0.25, 0.3) is 0 Å². The Morgan fingerprint density at radius 2 is 1.11 bits per heavy atom. The standard InChI is InChI=1S/C16H20N2O/c1-11(13-7-3-5-9-15(13)17)19-12(2)14-8-4-6-10-16(14)18/h3-12H,17-18H2,1-2H3.